The van der Waals surface area contributed by atoms with Crippen LogP contribution in [0.2, 0.25) is 0 Å². The van der Waals surface area contributed by atoms with Crippen molar-refractivity contribution in [3.05, 3.63) is 94.6 Å². The van der Waals surface area contributed by atoms with Gasteiger partial charge in [-0.15, -0.1) is 0 Å². The number of carboxylic acids is 1. The van der Waals surface area contributed by atoms with Crippen LogP contribution in [0.5, 0.6) is 0 Å². The van der Waals surface area contributed by atoms with E-state index in [4.69, 9.17) is 4.74 Å². The lowest BCUT2D eigenvalue weighted by molar-refractivity contribution is -0.132. The molecular formula is C26H28N2O4. The Morgan fingerprint density at radius 1 is 1.06 bits per heavy atom. The summed E-state index contributed by atoms with van der Waals surface area (Å²) in [4.78, 5) is 28.2. The van der Waals surface area contributed by atoms with Crippen LogP contribution in [0.3, 0.4) is 0 Å². The van der Waals surface area contributed by atoms with Crippen molar-refractivity contribution in [1.29, 1.82) is 0 Å². The van der Waals surface area contributed by atoms with E-state index in [-0.39, 0.29) is 5.97 Å². The largest absolute Gasteiger partial charge is 0.478 e. The molecule has 0 atom stereocenters. The summed E-state index contributed by atoms with van der Waals surface area (Å²) in [5.74, 6) is -0.405. The Balaban J connectivity index is 1.93. The number of carbonyl (C=O) groups excluding carboxylic acids is 1. The Labute approximate surface area is 188 Å². The van der Waals surface area contributed by atoms with E-state index in [0.717, 1.165) is 41.9 Å². The van der Waals surface area contributed by atoms with Crippen LogP contribution in [0.4, 0.5) is 0 Å². The summed E-state index contributed by atoms with van der Waals surface area (Å²) in [6, 6.07) is 16.8. The molecule has 0 unspecified atom stereocenters. The molecule has 0 saturated carbocycles. The molecule has 0 fully saturated rings. The molecule has 1 aromatic heterocycles. The number of hydrogen-bond donors (Lipinski definition) is 1. The van der Waals surface area contributed by atoms with Gasteiger partial charge in [0.25, 0.3) is 0 Å². The zero-order valence-corrected chi connectivity index (χ0v) is 18.5. The molecule has 166 valence electrons. The molecule has 6 heteroatoms. The quantitative estimate of drug-likeness (QED) is 0.369. The number of aryl methyl sites for hydroxylation is 1. The lowest BCUT2D eigenvalue weighted by Gasteiger charge is -2.12. The fourth-order valence-corrected chi connectivity index (χ4v) is 3.49. The van der Waals surface area contributed by atoms with Crippen molar-refractivity contribution in [1.82, 2.24) is 9.55 Å². The Hall–Kier alpha value is -3.67. The number of ether oxygens (including phenoxy) is 1. The lowest BCUT2D eigenvalue weighted by Crippen LogP contribution is -2.10. The van der Waals surface area contributed by atoms with Gasteiger partial charge in [0.15, 0.2) is 0 Å². The van der Waals surface area contributed by atoms with E-state index in [1.54, 1.807) is 24.4 Å². The highest BCUT2D eigenvalue weighted by atomic mass is 16.5. The van der Waals surface area contributed by atoms with Crippen molar-refractivity contribution in [2.75, 3.05) is 7.11 Å². The van der Waals surface area contributed by atoms with Gasteiger partial charge in [0.1, 0.15) is 5.82 Å². The minimum Gasteiger partial charge on any atom is -0.478 e. The number of aliphatic carboxylic acids is 1. The fraction of sp³-hybridized carbons (Fsp3) is 0.269. The van der Waals surface area contributed by atoms with E-state index < -0.39 is 5.97 Å². The first kappa shape index (κ1) is 23.0. The van der Waals surface area contributed by atoms with Gasteiger partial charge in [-0.3, -0.25) is 0 Å². The van der Waals surface area contributed by atoms with Crippen molar-refractivity contribution < 1.29 is 19.4 Å². The van der Waals surface area contributed by atoms with Crippen LogP contribution in [0.1, 0.15) is 52.8 Å². The number of imidazole rings is 1. The second kappa shape index (κ2) is 11.1. The van der Waals surface area contributed by atoms with Crippen LogP contribution in [0.25, 0.3) is 6.08 Å². The van der Waals surface area contributed by atoms with Crippen molar-refractivity contribution in [3.63, 3.8) is 0 Å². The average molecular weight is 433 g/mol. The van der Waals surface area contributed by atoms with Gasteiger partial charge >= 0.3 is 11.9 Å². The molecule has 0 aliphatic rings. The molecule has 32 heavy (non-hydrogen) atoms. The monoisotopic (exact) mass is 432 g/mol. The first-order chi connectivity index (χ1) is 15.5. The average Bonchev–Trinajstić information content (AvgIpc) is 3.18. The van der Waals surface area contributed by atoms with Gasteiger partial charge in [0.05, 0.1) is 24.6 Å². The highest BCUT2D eigenvalue weighted by Crippen LogP contribution is 2.18. The molecule has 0 radical (unpaired) electrons. The summed E-state index contributed by atoms with van der Waals surface area (Å²) in [5, 5.41) is 9.79. The van der Waals surface area contributed by atoms with Crippen LogP contribution in [-0.4, -0.2) is 33.7 Å². The van der Waals surface area contributed by atoms with Crippen molar-refractivity contribution >= 4 is 18.0 Å². The molecule has 0 aliphatic carbocycles. The smallest absolute Gasteiger partial charge is 0.337 e. The summed E-state index contributed by atoms with van der Waals surface area (Å²) in [6.45, 7) is 2.66. The predicted molar refractivity (Wildman–Crippen MR) is 123 cm³/mol. The minimum absolute atomic E-state index is 0.306. The Morgan fingerprint density at radius 2 is 1.78 bits per heavy atom. The van der Waals surface area contributed by atoms with Crippen molar-refractivity contribution in [2.45, 2.75) is 39.2 Å². The topological polar surface area (TPSA) is 81.4 Å². The zero-order chi connectivity index (χ0) is 22.9. The first-order valence-corrected chi connectivity index (χ1v) is 10.7. The molecule has 0 saturated heterocycles. The van der Waals surface area contributed by atoms with Gasteiger partial charge in [0.2, 0.25) is 0 Å². The fourth-order valence-electron chi connectivity index (χ4n) is 3.49. The van der Waals surface area contributed by atoms with E-state index in [1.165, 1.54) is 7.11 Å². The molecule has 3 aromatic rings. The third-order valence-electron chi connectivity index (χ3n) is 5.27. The number of aromatic nitrogens is 2. The van der Waals surface area contributed by atoms with Gasteiger partial charge in [-0.1, -0.05) is 55.8 Å². The van der Waals surface area contributed by atoms with Crippen LogP contribution >= 0.6 is 0 Å². The van der Waals surface area contributed by atoms with E-state index in [0.29, 0.717) is 24.1 Å². The number of hydrogen-bond acceptors (Lipinski definition) is 4. The molecule has 0 bridgehead atoms. The van der Waals surface area contributed by atoms with Gasteiger partial charge in [-0.05, 0) is 35.8 Å². The van der Waals surface area contributed by atoms with Crippen LogP contribution in [0.15, 0.2) is 66.4 Å². The molecule has 1 heterocycles. The standard InChI is InChI=1S/C26H28N2O4/c1-3-4-10-24-27-17-23(16-22(25(29)30)15-19-8-6-5-7-9-19)28(24)18-20-11-13-21(14-12-20)26(31)32-2/h5-9,11-14,16-17H,3-4,10,15,18H2,1-2H3,(H,29,30)/b22-16+. The van der Waals surface area contributed by atoms with Gasteiger partial charge in [-0.25, -0.2) is 14.6 Å². The SMILES string of the molecule is CCCCc1ncc(/C=C(\Cc2ccccc2)C(=O)O)n1Cc1ccc(C(=O)OC)cc1. The van der Waals surface area contributed by atoms with Crippen LogP contribution in [-0.2, 0) is 28.9 Å². The van der Waals surface area contributed by atoms with E-state index in [1.807, 2.05) is 42.5 Å². The molecular weight excluding hydrogens is 404 g/mol. The maximum absolute atomic E-state index is 11.9. The number of nitrogens with zero attached hydrogens (tertiary/aromatic N) is 2. The number of unbranched alkanes of at least 4 members (excludes halogenated alkanes) is 1. The Morgan fingerprint density at radius 3 is 2.41 bits per heavy atom. The predicted octanol–water partition coefficient (Wildman–Crippen LogP) is 4.77. The summed E-state index contributed by atoms with van der Waals surface area (Å²) in [6.07, 6.45) is 6.63. The Kier molecular flexibility index (Phi) is 7.97. The minimum atomic E-state index is -0.945. The summed E-state index contributed by atoms with van der Waals surface area (Å²) in [7, 11) is 1.36. The lowest BCUT2D eigenvalue weighted by atomic mass is 10.0. The van der Waals surface area contributed by atoms with E-state index in [9.17, 15) is 14.7 Å². The van der Waals surface area contributed by atoms with Crippen LogP contribution in [0, 0.1) is 0 Å². The van der Waals surface area contributed by atoms with Crippen molar-refractivity contribution in [2.24, 2.45) is 0 Å². The Bertz CT molecular complexity index is 1080. The highest BCUT2D eigenvalue weighted by molar-refractivity contribution is 5.92. The third kappa shape index (κ3) is 5.94. The number of methoxy groups -OCH3 is 1. The molecule has 3 rings (SSSR count). The highest BCUT2D eigenvalue weighted by Gasteiger charge is 2.14. The molecule has 6 nitrogen and oxygen atoms in total. The number of rotatable bonds is 10. The van der Waals surface area contributed by atoms with Gasteiger partial charge in [0, 0.05) is 25.0 Å². The number of carbonyl (C=O) groups is 2. The second-order valence-corrected chi connectivity index (χ2v) is 7.61. The third-order valence-corrected chi connectivity index (χ3v) is 5.27. The molecule has 2 aromatic carbocycles. The van der Waals surface area contributed by atoms with E-state index >= 15 is 0 Å². The number of esters is 1. The molecule has 1 N–H and O–H groups in total. The first-order valence-electron chi connectivity index (χ1n) is 10.7. The maximum Gasteiger partial charge on any atom is 0.337 e. The summed E-state index contributed by atoms with van der Waals surface area (Å²) < 4.78 is 6.81. The molecule has 0 spiro atoms. The zero-order valence-electron chi connectivity index (χ0n) is 18.5. The second-order valence-electron chi connectivity index (χ2n) is 7.61. The number of carboxylic acid groups (broad SMARTS) is 1. The maximum atomic E-state index is 11.9. The van der Waals surface area contributed by atoms with Crippen LogP contribution < -0.4 is 0 Å². The molecule has 0 aliphatic heterocycles. The normalized spacial score (nSPS) is 11.4. The van der Waals surface area contributed by atoms with Gasteiger partial charge < -0.3 is 14.4 Å². The van der Waals surface area contributed by atoms with E-state index in [2.05, 4.69) is 16.5 Å². The summed E-state index contributed by atoms with van der Waals surface area (Å²) >= 11 is 0. The summed E-state index contributed by atoms with van der Waals surface area (Å²) in [5.41, 5.74) is 3.48. The van der Waals surface area contributed by atoms with Gasteiger partial charge in [-0.2, -0.15) is 0 Å². The number of benzene rings is 2. The molecule has 0 amide bonds. The van der Waals surface area contributed by atoms with Crippen molar-refractivity contribution in [3.8, 4) is 0 Å².